The maximum atomic E-state index is 12.8. The summed E-state index contributed by atoms with van der Waals surface area (Å²) in [6, 6.07) is 1.10. The summed E-state index contributed by atoms with van der Waals surface area (Å²) in [5.41, 5.74) is -0.353. The van der Waals surface area contributed by atoms with E-state index in [9.17, 15) is 26.7 Å². The Morgan fingerprint density at radius 3 is 2.24 bits per heavy atom. The minimum atomic E-state index is -5.02. The summed E-state index contributed by atoms with van der Waals surface area (Å²) in [4.78, 5) is 10.7. The van der Waals surface area contributed by atoms with Crippen molar-refractivity contribution < 1.29 is 31.5 Å². The zero-order chi connectivity index (χ0) is 13.2. The number of halogens is 5. The Bertz CT molecular complexity index is 439. The maximum absolute atomic E-state index is 12.8. The van der Waals surface area contributed by atoms with E-state index in [0.29, 0.717) is 12.1 Å². The number of methoxy groups -OCH3 is 1. The van der Waals surface area contributed by atoms with Crippen molar-refractivity contribution in [3.05, 3.63) is 29.3 Å². The second kappa shape index (κ2) is 4.68. The summed E-state index contributed by atoms with van der Waals surface area (Å²) < 4.78 is 66.1. The third kappa shape index (κ3) is 3.15. The van der Waals surface area contributed by atoms with Gasteiger partial charge in [0.2, 0.25) is 5.78 Å². The van der Waals surface area contributed by atoms with Crippen molar-refractivity contribution in [3.63, 3.8) is 0 Å². The molecule has 0 aromatic heterocycles. The van der Waals surface area contributed by atoms with Gasteiger partial charge in [0.1, 0.15) is 5.75 Å². The van der Waals surface area contributed by atoms with Gasteiger partial charge in [0.25, 0.3) is 0 Å². The highest BCUT2D eigenvalue weighted by atomic mass is 19.4. The Kier molecular flexibility index (Phi) is 3.69. The fourth-order valence-electron chi connectivity index (χ4n) is 1.17. The van der Waals surface area contributed by atoms with Gasteiger partial charge in [-0.2, -0.15) is 13.2 Å². The molecule has 1 rings (SSSR count). The number of benzene rings is 1. The quantitative estimate of drug-likeness (QED) is 0.775. The van der Waals surface area contributed by atoms with Crippen LogP contribution in [0.4, 0.5) is 22.0 Å². The number of hydrogen-bond donors (Lipinski definition) is 0. The monoisotopic (exact) mass is 254 g/mol. The molecule has 7 heteroatoms. The van der Waals surface area contributed by atoms with Gasteiger partial charge < -0.3 is 4.74 Å². The molecule has 0 atom stereocenters. The van der Waals surface area contributed by atoms with E-state index in [0.717, 1.165) is 7.11 Å². The molecule has 0 saturated heterocycles. The summed E-state index contributed by atoms with van der Waals surface area (Å²) in [6.07, 6.45) is -6.11. The third-order valence-corrected chi connectivity index (χ3v) is 1.99. The van der Waals surface area contributed by atoms with Crippen LogP contribution in [-0.2, 0) is 11.2 Å². The number of ether oxygens (including phenoxy) is 1. The smallest absolute Gasteiger partial charge is 0.450 e. The molecule has 0 unspecified atom stereocenters. The van der Waals surface area contributed by atoms with Gasteiger partial charge in [-0.05, 0) is 6.07 Å². The summed E-state index contributed by atoms with van der Waals surface area (Å²) in [5.74, 6) is -4.95. The van der Waals surface area contributed by atoms with E-state index in [-0.39, 0.29) is 11.3 Å². The van der Waals surface area contributed by atoms with E-state index in [1.54, 1.807) is 0 Å². The average molecular weight is 254 g/mol. The molecule has 2 nitrogen and oxygen atoms in total. The van der Waals surface area contributed by atoms with Crippen molar-refractivity contribution in [2.45, 2.75) is 12.6 Å². The van der Waals surface area contributed by atoms with Crippen LogP contribution in [0.1, 0.15) is 5.56 Å². The van der Waals surface area contributed by atoms with Gasteiger partial charge in [0.05, 0.1) is 7.11 Å². The predicted molar refractivity (Wildman–Crippen MR) is 47.7 cm³/mol. The Morgan fingerprint density at radius 2 is 1.76 bits per heavy atom. The van der Waals surface area contributed by atoms with E-state index in [4.69, 9.17) is 0 Å². The van der Waals surface area contributed by atoms with Crippen LogP contribution < -0.4 is 4.74 Å². The Labute approximate surface area is 93.0 Å². The van der Waals surface area contributed by atoms with Crippen LogP contribution in [0.25, 0.3) is 0 Å². The van der Waals surface area contributed by atoms with Crippen LogP contribution in [-0.4, -0.2) is 19.1 Å². The lowest BCUT2D eigenvalue weighted by Gasteiger charge is -2.10. The third-order valence-electron chi connectivity index (χ3n) is 1.99. The van der Waals surface area contributed by atoms with Crippen molar-refractivity contribution in [2.75, 3.05) is 7.11 Å². The van der Waals surface area contributed by atoms with Crippen LogP contribution in [0.3, 0.4) is 0 Å². The topological polar surface area (TPSA) is 26.3 Å². The van der Waals surface area contributed by atoms with E-state index >= 15 is 0 Å². The van der Waals surface area contributed by atoms with Crippen LogP contribution in [0.2, 0.25) is 0 Å². The van der Waals surface area contributed by atoms with Crippen molar-refractivity contribution in [2.24, 2.45) is 0 Å². The molecular weight excluding hydrogens is 247 g/mol. The van der Waals surface area contributed by atoms with Gasteiger partial charge in [0.15, 0.2) is 11.6 Å². The first-order valence-electron chi connectivity index (χ1n) is 4.37. The molecule has 1 aromatic carbocycles. The molecule has 0 heterocycles. The highest BCUT2D eigenvalue weighted by Gasteiger charge is 2.38. The molecular formula is C10H7F5O2. The molecule has 0 spiro atoms. The first-order valence-corrected chi connectivity index (χ1v) is 4.37. The molecule has 0 aliphatic rings. The molecule has 1 aromatic rings. The summed E-state index contributed by atoms with van der Waals surface area (Å²) >= 11 is 0. The first-order chi connectivity index (χ1) is 7.75. The van der Waals surface area contributed by atoms with E-state index < -0.39 is 30.0 Å². The number of carbonyl (C=O) groups is 1. The van der Waals surface area contributed by atoms with E-state index in [1.807, 2.05) is 0 Å². The predicted octanol–water partition coefficient (Wildman–Crippen LogP) is 2.65. The summed E-state index contributed by atoms with van der Waals surface area (Å²) in [7, 11) is 1.08. The molecule has 0 aliphatic heterocycles. The van der Waals surface area contributed by atoms with Crippen molar-refractivity contribution in [1.82, 2.24) is 0 Å². The molecule has 0 N–H and O–H groups in total. The molecule has 0 fully saturated rings. The van der Waals surface area contributed by atoms with Crippen LogP contribution in [0, 0.1) is 11.6 Å². The summed E-state index contributed by atoms with van der Waals surface area (Å²) in [5, 5.41) is 0. The van der Waals surface area contributed by atoms with E-state index in [2.05, 4.69) is 4.74 Å². The lowest BCUT2D eigenvalue weighted by molar-refractivity contribution is -0.170. The van der Waals surface area contributed by atoms with Gasteiger partial charge >= 0.3 is 6.18 Å². The zero-order valence-corrected chi connectivity index (χ0v) is 8.57. The number of Topliss-reactive ketones (excluding diaryl/α,β-unsaturated/α-hetero) is 1. The highest BCUT2D eigenvalue weighted by Crippen LogP contribution is 2.26. The Balaban J connectivity index is 3.06. The number of ketones is 1. The summed E-state index contributed by atoms with van der Waals surface area (Å²) in [6.45, 7) is 0. The van der Waals surface area contributed by atoms with Gasteiger partial charge in [0, 0.05) is 18.1 Å². The largest absolute Gasteiger partial charge is 0.496 e. The second-order valence-electron chi connectivity index (χ2n) is 3.18. The van der Waals surface area contributed by atoms with Crippen molar-refractivity contribution in [1.29, 1.82) is 0 Å². The maximum Gasteiger partial charge on any atom is 0.450 e. The minimum Gasteiger partial charge on any atom is -0.496 e. The normalized spacial score (nSPS) is 11.4. The van der Waals surface area contributed by atoms with Gasteiger partial charge in [-0.3, -0.25) is 4.79 Å². The van der Waals surface area contributed by atoms with E-state index in [1.165, 1.54) is 0 Å². The average Bonchev–Trinajstić information content (AvgIpc) is 2.21. The number of rotatable bonds is 3. The standard InChI is InChI=1S/C10H7F5O2/c1-17-8-4-7(12)6(11)2-5(8)3-9(16)10(13,14)15/h2,4H,3H2,1H3. The molecule has 0 aliphatic carbocycles. The van der Waals surface area contributed by atoms with Crippen LogP contribution in [0.5, 0.6) is 5.75 Å². The molecule has 17 heavy (non-hydrogen) atoms. The highest BCUT2D eigenvalue weighted by molar-refractivity contribution is 5.86. The zero-order valence-electron chi connectivity index (χ0n) is 8.57. The molecule has 0 bridgehead atoms. The second-order valence-corrected chi connectivity index (χ2v) is 3.18. The fraction of sp³-hybridized carbons (Fsp3) is 0.300. The van der Waals surface area contributed by atoms with Crippen LogP contribution in [0.15, 0.2) is 12.1 Å². The number of carbonyl (C=O) groups excluding carboxylic acids is 1. The lowest BCUT2D eigenvalue weighted by atomic mass is 10.1. The fourth-order valence-corrected chi connectivity index (χ4v) is 1.17. The molecule has 0 amide bonds. The molecule has 0 radical (unpaired) electrons. The van der Waals surface area contributed by atoms with Gasteiger partial charge in [-0.15, -0.1) is 0 Å². The Hall–Kier alpha value is -1.66. The van der Waals surface area contributed by atoms with Crippen molar-refractivity contribution in [3.8, 4) is 5.75 Å². The van der Waals surface area contributed by atoms with Gasteiger partial charge in [-0.1, -0.05) is 0 Å². The minimum absolute atomic E-state index is 0.304. The number of hydrogen-bond acceptors (Lipinski definition) is 2. The Morgan fingerprint density at radius 1 is 1.24 bits per heavy atom. The first kappa shape index (κ1) is 13.4. The number of alkyl halides is 3. The lowest BCUT2D eigenvalue weighted by Crippen LogP contribution is -2.24. The SMILES string of the molecule is COc1cc(F)c(F)cc1CC(=O)C(F)(F)F. The van der Waals surface area contributed by atoms with Gasteiger partial charge in [-0.25, -0.2) is 8.78 Å². The van der Waals surface area contributed by atoms with Crippen molar-refractivity contribution >= 4 is 5.78 Å². The molecule has 94 valence electrons. The molecule has 0 saturated carbocycles. The van der Waals surface area contributed by atoms with Crippen LogP contribution >= 0.6 is 0 Å².